The zero-order chi connectivity index (χ0) is 15.5. The van der Waals surface area contributed by atoms with E-state index < -0.39 is 10.0 Å². The maximum Gasteiger partial charge on any atom is 0.211 e. The fourth-order valence-corrected chi connectivity index (χ4v) is 3.16. The SMILES string of the molecule is CCc1cccc(NC(N)=NCC2CN(S(C)(=O)=O)C2)c1.I. The molecule has 0 radical (unpaired) electrons. The number of benzene rings is 1. The number of anilines is 1. The van der Waals surface area contributed by atoms with Gasteiger partial charge in [0.15, 0.2) is 5.96 Å². The first-order chi connectivity index (χ1) is 9.88. The second-order valence-electron chi connectivity index (χ2n) is 5.35. The van der Waals surface area contributed by atoms with Crippen molar-refractivity contribution in [2.45, 2.75) is 13.3 Å². The Morgan fingerprint density at radius 1 is 1.45 bits per heavy atom. The highest BCUT2D eigenvalue weighted by Crippen LogP contribution is 2.18. The first-order valence-corrected chi connectivity index (χ1v) is 8.84. The smallest absolute Gasteiger partial charge is 0.211 e. The Hall–Kier alpha value is -0.870. The lowest BCUT2D eigenvalue weighted by molar-refractivity contribution is 0.209. The second-order valence-corrected chi connectivity index (χ2v) is 7.33. The van der Waals surface area contributed by atoms with Gasteiger partial charge in [-0.1, -0.05) is 19.1 Å². The van der Waals surface area contributed by atoms with Crippen molar-refractivity contribution >= 4 is 45.6 Å². The number of halogens is 1. The molecule has 1 aromatic carbocycles. The Labute approximate surface area is 149 Å². The van der Waals surface area contributed by atoms with Gasteiger partial charge in [0, 0.05) is 31.2 Å². The average Bonchev–Trinajstić information content (AvgIpc) is 2.35. The van der Waals surface area contributed by atoms with Gasteiger partial charge in [-0.05, 0) is 24.1 Å². The van der Waals surface area contributed by atoms with Gasteiger partial charge >= 0.3 is 0 Å². The Morgan fingerprint density at radius 3 is 2.73 bits per heavy atom. The highest BCUT2D eigenvalue weighted by Gasteiger charge is 2.32. The van der Waals surface area contributed by atoms with E-state index in [-0.39, 0.29) is 29.9 Å². The van der Waals surface area contributed by atoms with E-state index in [4.69, 9.17) is 5.73 Å². The Balaban J connectivity index is 0.00000242. The number of hydrogen-bond acceptors (Lipinski definition) is 3. The van der Waals surface area contributed by atoms with Crippen LogP contribution in [0.2, 0.25) is 0 Å². The van der Waals surface area contributed by atoms with Crippen molar-refractivity contribution < 1.29 is 8.42 Å². The van der Waals surface area contributed by atoms with Crippen LogP contribution < -0.4 is 11.1 Å². The quantitative estimate of drug-likeness (QED) is 0.414. The van der Waals surface area contributed by atoms with Crippen LogP contribution in [0.25, 0.3) is 0 Å². The molecule has 1 aliphatic rings. The van der Waals surface area contributed by atoms with E-state index in [1.54, 1.807) is 0 Å². The van der Waals surface area contributed by atoms with E-state index in [9.17, 15) is 8.42 Å². The molecule has 124 valence electrons. The minimum Gasteiger partial charge on any atom is -0.370 e. The normalized spacial score (nSPS) is 16.7. The number of nitrogens with two attached hydrogens (primary N) is 1. The van der Waals surface area contributed by atoms with Gasteiger partial charge in [-0.15, -0.1) is 24.0 Å². The minimum absolute atomic E-state index is 0. The molecule has 1 aromatic rings. The molecular formula is C14H23IN4O2S. The van der Waals surface area contributed by atoms with Gasteiger partial charge in [0.25, 0.3) is 0 Å². The summed E-state index contributed by atoms with van der Waals surface area (Å²) >= 11 is 0. The van der Waals surface area contributed by atoms with Gasteiger partial charge in [0.2, 0.25) is 10.0 Å². The summed E-state index contributed by atoms with van der Waals surface area (Å²) in [4.78, 5) is 4.28. The molecule has 0 amide bonds. The number of rotatable bonds is 5. The predicted octanol–water partition coefficient (Wildman–Crippen LogP) is 1.48. The van der Waals surface area contributed by atoms with Crippen molar-refractivity contribution in [1.29, 1.82) is 0 Å². The summed E-state index contributed by atoms with van der Waals surface area (Å²) in [5, 5.41) is 3.06. The molecule has 22 heavy (non-hydrogen) atoms. The summed E-state index contributed by atoms with van der Waals surface area (Å²) in [5.74, 6) is 0.614. The molecular weight excluding hydrogens is 415 g/mol. The summed E-state index contributed by atoms with van der Waals surface area (Å²) in [6, 6.07) is 8.02. The topological polar surface area (TPSA) is 87.8 Å². The van der Waals surface area contributed by atoms with Crippen molar-refractivity contribution in [3.63, 3.8) is 0 Å². The zero-order valence-corrected chi connectivity index (χ0v) is 16.0. The first-order valence-electron chi connectivity index (χ1n) is 6.99. The number of guanidine groups is 1. The molecule has 1 aliphatic heterocycles. The van der Waals surface area contributed by atoms with E-state index >= 15 is 0 Å². The monoisotopic (exact) mass is 438 g/mol. The first kappa shape index (κ1) is 19.2. The number of aryl methyl sites for hydroxylation is 1. The average molecular weight is 438 g/mol. The van der Waals surface area contributed by atoms with Crippen LogP contribution in [0, 0.1) is 5.92 Å². The highest BCUT2D eigenvalue weighted by molar-refractivity contribution is 14.0. The van der Waals surface area contributed by atoms with Crippen LogP contribution >= 0.6 is 24.0 Å². The maximum atomic E-state index is 11.3. The van der Waals surface area contributed by atoms with Crippen molar-refractivity contribution in [2.75, 3.05) is 31.2 Å². The summed E-state index contributed by atoms with van der Waals surface area (Å²) in [5.41, 5.74) is 8.00. The molecule has 8 heteroatoms. The number of aliphatic imine (C=N–C) groups is 1. The third kappa shape index (κ3) is 5.40. The molecule has 0 unspecified atom stereocenters. The van der Waals surface area contributed by atoms with Gasteiger partial charge in [-0.2, -0.15) is 0 Å². The van der Waals surface area contributed by atoms with E-state index in [1.807, 2.05) is 18.2 Å². The van der Waals surface area contributed by atoms with Crippen molar-refractivity contribution in [3.05, 3.63) is 29.8 Å². The third-order valence-electron chi connectivity index (χ3n) is 3.52. The summed E-state index contributed by atoms with van der Waals surface area (Å²) in [6.07, 6.45) is 2.19. The molecule has 0 bridgehead atoms. The van der Waals surface area contributed by atoms with Crippen LogP contribution in [0.5, 0.6) is 0 Å². The molecule has 0 aliphatic carbocycles. The largest absolute Gasteiger partial charge is 0.370 e. The molecule has 6 nitrogen and oxygen atoms in total. The lowest BCUT2D eigenvalue weighted by Gasteiger charge is -2.36. The van der Waals surface area contributed by atoms with E-state index in [1.165, 1.54) is 16.1 Å². The van der Waals surface area contributed by atoms with E-state index in [2.05, 4.69) is 23.3 Å². The molecule has 0 aromatic heterocycles. The van der Waals surface area contributed by atoms with Crippen LogP contribution in [0.1, 0.15) is 12.5 Å². The van der Waals surface area contributed by atoms with Crippen molar-refractivity contribution in [2.24, 2.45) is 16.6 Å². The Kier molecular flexibility index (Phi) is 7.07. The molecule has 0 atom stereocenters. The maximum absolute atomic E-state index is 11.3. The summed E-state index contributed by atoms with van der Waals surface area (Å²) in [6.45, 7) is 3.70. The van der Waals surface area contributed by atoms with Gasteiger partial charge < -0.3 is 11.1 Å². The fourth-order valence-electron chi connectivity index (χ4n) is 2.19. The molecule has 2 rings (SSSR count). The number of nitrogens with zero attached hydrogens (tertiary/aromatic N) is 2. The van der Waals surface area contributed by atoms with Crippen LogP contribution in [-0.2, 0) is 16.4 Å². The summed E-state index contributed by atoms with van der Waals surface area (Å²) in [7, 11) is -3.06. The molecule has 1 saturated heterocycles. The van der Waals surface area contributed by atoms with Crippen LogP contribution in [0.15, 0.2) is 29.3 Å². The van der Waals surface area contributed by atoms with E-state index in [0.717, 1.165) is 12.1 Å². The van der Waals surface area contributed by atoms with Crippen LogP contribution in [-0.4, -0.2) is 44.6 Å². The van der Waals surface area contributed by atoms with Crippen LogP contribution in [0.4, 0.5) is 5.69 Å². The Morgan fingerprint density at radius 2 is 2.14 bits per heavy atom. The van der Waals surface area contributed by atoms with Crippen molar-refractivity contribution in [1.82, 2.24) is 4.31 Å². The number of sulfonamides is 1. The lowest BCUT2D eigenvalue weighted by Crippen LogP contribution is -2.50. The standard InChI is InChI=1S/C14H22N4O2S.HI/c1-3-11-5-4-6-13(7-11)17-14(15)16-8-12-9-18(10-12)21(2,19)20;/h4-7,12H,3,8-10H2,1-2H3,(H3,15,16,17);1H. The molecule has 0 saturated carbocycles. The molecule has 3 N–H and O–H groups in total. The fraction of sp³-hybridized carbons (Fsp3) is 0.500. The second kappa shape index (κ2) is 8.11. The Bertz CT molecular complexity index is 627. The predicted molar refractivity (Wildman–Crippen MR) is 101 cm³/mol. The highest BCUT2D eigenvalue weighted by atomic mass is 127. The van der Waals surface area contributed by atoms with Gasteiger partial charge in [-0.3, -0.25) is 4.99 Å². The summed E-state index contributed by atoms with van der Waals surface area (Å²) < 4.78 is 23.9. The molecule has 0 spiro atoms. The minimum atomic E-state index is -3.06. The number of nitrogens with one attached hydrogen (secondary N) is 1. The third-order valence-corrected chi connectivity index (χ3v) is 4.76. The zero-order valence-electron chi connectivity index (χ0n) is 12.8. The number of hydrogen-bond donors (Lipinski definition) is 2. The molecule has 1 fully saturated rings. The van der Waals surface area contributed by atoms with Gasteiger partial charge in [0.1, 0.15) is 0 Å². The lowest BCUT2D eigenvalue weighted by atomic mass is 10.0. The molecule has 1 heterocycles. The van der Waals surface area contributed by atoms with E-state index in [0.29, 0.717) is 25.6 Å². The van der Waals surface area contributed by atoms with Crippen LogP contribution in [0.3, 0.4) is 0 Å². The van der Waals surface area contributed by atoms with Crippen molar-refractivity contribution in [3.8, 4) is 0 Å². The van der Waals surface area contributed by atoms with Gasteiger partial charge in [0.05, 0.1) is 6.26 Å². The van der Waals surface area contributed by atoms with Gasteiger partial charge in [-0.25, -0.2) is 12.7 Å².